The molecule has 5 heteroatoms. The lowest BCUT2D eigenvalue weighted by molar-refractivity contribution is 0.103. The maximum absolute atomic E-state index is 11.5. The van der Waals surface area contributed by atoms with Gasteiger partial charge in [0.1, 0.15) is 11.4 Å². The zero-order valence-corrected chi connectivity index (χ0v) is 7.41. The molecule has 0 saturated heterocycles. The van der Waals surface area contributed by atoms with Gasteiger partial charge in [-0.3, -0.25) is 4.79 Å². The van der Waals surface area contributed by atoms with Crippen LogP contribution in [0.5, 0.6) is 0 Å². The number of hydrogen-bond donors (Lipinski definition) is 0. The Morgan fingerprint density at radius 1 is 1.00 bits per heavy atom. The normalized spacial score (nSPS) is 13.2. The first-order chi connectivity index (χ1) is 5.88. The summed E-state index contributed by atoms with van der Waals surface area (Å²) in [5.74, 6) is -0.0255. The Hall–Kier alpha value is -1.07. The standard InChI is InChI=1S/C7H2N2OS2/c10-5-3-6(11-1-8-3)7-4(5)9-2-12-7/h1-2H. The third kappa shape index (κ3) is 0.587. The van der Waals surface area contributed by atoms with Crippen LogP contribution < -0.4 is 0 Å². The van der Waals surface area contributed by atoms with Gasteiger partial charge in [-0.05, 0) is 0 Å². The highest BCUT2D eigenvalue weighted by atomic mass is 32.1. The lowest BCUT2D eigenvalue weighted by atomic mass is 10.3. The van der Waals surface area contributed by atoms with Crippen LogP contribution >= 0.6 is 22.7 Å². The van der Waals surface area contributed by atoms with Crippen molar-refractivity contribution in [3.63, 3.8) is 0 Å². The van der Waals surface area contributed by atoms with Crippen molar-refractivity contribution in [3.05, 3.63) is 22.4 Å². The van der Waals surface area contributed by atoms with Crippen LogP contribution in [0, 0.1) is 0 Å². The van der Waals surface area contributed by atoms with Gasteiger partial charge in [0, 0.05) is 0 Å². The summed E-state index contributed by atoms with van der Waals surface area (Å²) in [6.45, 7) is 0. The van der Waals surface area contributed by atoms with Crippen LogP contribution in [0.4, 0.5) is 0 Å². The van der Waals surface area contributed by atoms with E-state index in [-0.39, 0.29) is 5.78 Å². The Labute approximate surface area is 75.7 Å². The SMILES string of the molecule is O=C1c2ncsc2-c2scnc21. The van der Waals surface area contributed by atoms with Gasteiger partial charge in [0.2, 0.25) is 5.78 Å². The molecule has 0 spiro atoms. The van der Waals surface area contributed by atoms with Gasteiger partial charge in [-0.15, -0.1) is 22.7 Å². The van der Waals surface area contributed by atoms with Gasteiger partial charge in [-0.1, -0.05) is 0 Å². The number of hydrogen-bond acceptors (Lipinski definition) is 5. The number of carbonyl (C=O) groups is 1. The van der Waals surface area contributed by atoms with Crippen molar-refractivity contribution in [2.45, 2.75) is 0 Å². The molecule has 3 rings (SSSR count). The molecule has 1 aliphatic rings. The second-order valence-corrected chi connectivity index (χ2v) is 4.10. The molecular formula is C7H2N2OS2. The number of nitrogens with zero attached hydrogens (tertiary/aromatic N) is 2. The zero-order valence-electron chi connectivity index (χ0n) is 5.77. The van der Waals surface area contributed by atoms with E-state index in [0.717, 1.165) is 9.75 Å². The summed E-state index contributed by atoms with van der Waals surface area (Å²) in [6, 6.07) is 0. The van der Waals surface area contributed by atoms with Crippen LogP contribution in [0.25, 0.3) is 9.75 Å². The minimum atomic E-state index is -0.0255. The molecular weight excluding hydrogens is 192 g/mol. The lowest BCUT2D eigenvalue weighted by Crippen LogP contribution is -1.96. The molecule has 0 atom stereocenters. The molecule has 12 heavy (non-hydrogen) atoms. The van der Waals surface area contributed by atoms with Crippen LogP contribution in [0.1, 0.15) is 16.2 Å². The summed E-state index contributed by atoms with van der Waals surface area (Å²) in [5.41, 5.74) is 4.56. The molecule has 3 nitrogen and oxygen atoms in total. The van der Waals surface area contributed by atoms with Crippen molar-refractivity contribution in [1.82, 2.24) is 9.97 Å². The third-order valence-corrected chi connectivity index (χ3v) is 3.59. The van der Waals surface area contributed by atoms with Gasteiger partial charge in [0.25, 0.3) is 0 Å². The maximum Gasteiger partial charge on any atom is 0.232 e. The van der Waals surface area contributed by atoms with Crippen LogP contribution in [0.3, 0.4) is 0 Å². The summed E-state index contributed by atoms with van der Waals surface area (Å²) in [7, 11) is 0. The fraction of sp³-hybridized carbons (Fsp3) is 0. The molecule has 0 unspecified atom stereocenters. The van der Waals surface area contributed by atoms with Crippen LogP contribution in [0.2, 0.25) is 0 Å². The minimum absolute atomic E-state index is 0.0255. The van der Waals surface area contributed by atoms with E-state index in [9.17, 15) is 4.79 Å². The van der Waals surface area contributed by atoms with Gasteiger partial charge in [-0.25, -0.2) is 9.97 Å². The van der Waals surface area contributed by atoms with Crippen LogP contribution in [0.15, 0.2) is 11.0 Å². The summed E-state index contributed by atoms with van der Waals surface area (Å²) < 4.78 is 0. The molecule has 0 radical (unpaired) electrons. The average Bonchev–Trinajstić information content (AvgIpc) is 2.72. The monoisotopic (exact) mass is 194 g/mol. The van der Waals surface area contributed by atoms with E-state index in [4.69, 9.17) is 0 Å². The minimum Gasteiger partial charge on any atom is -0.285 e. The second-order valence-electron chi connectivity index (χ2n) is 2.39. The van der Waals surface area contributed by atoms with Crippen molar-refractivity contribution in [1.29, 1.82) is 0 Å². The third-order valence-electron chi connectivity index (χ3n) is 1.77. The molecule has 0 N–H and O–H groups in total. The summed E-state index contributed by atoms with van der Waals surface area (Å²) in [6.07, 6.45) is 0. The largest absolute Gasteiger partial charge is 0.285 e. The Balaban J connectivity index is 2.47. The first-order valence-electron chi connectivity index (χ1n) is 3.30. The molecule has 0 saturated carbocycles. The molecule has 2 aromatic rings. The average molecular weight is 194 g/mol. The highest BCUT2D eigenvalue weighted by molar-refractivity contribution is 7.21. The van der Waals surface area contributed by atoms with Crippen LogP contribution in [-0.4, -0.2) is 15.8 Å². The van der Waals surface area contributed by atoms with E-state index in [1.165, 1.54) is 22.7 Å². The molecule has 0 fully saturated rings. The Bertz CT molecular complexity index is 429. The number of rotatable bonds is 0. The van der Waals surface area contributed by atoms with Gasteiger partial charge in [0.05, 0.1) is 20.8 Å². The molecule has 0 amide bonds. The van der Waals surface area contributed by atoms with E-state index in [2.05, 4.69) is 9.97 Å². The molecule has 58 valence electrons. The highest BCUT2D eigenvalue weighted by Crippen LogP contribution is 2.40. The molecule has 2 aromatic heterocycles. The zero-order chi connectivity index (χ0) is 8.13. The number of carbonyl (C=O) groups excluding carboxylic acids is 1. The summed E-state index contributed by atoms with van der Waals surface area (Å²) in [5, 5.41) is 0. The quantitative estimate of drug-likeness (QED) is 0.548. The fourth-order valence-electron chi connectivity index (χ4n) is 1.25. The van der Waals surface area contributed by atoms with E-state index in [0.29, 0.717) is 11.4 Å². The number of fused-ring (bicyclic) bond motifs is 3. The molecule has 0 aliphatic heterocycles. The number of aromatic nitrogens is 2. The summed E-state index contributed by atoms with van der Waals surface area (Å²) >= 11 is 3.00. The Kier molecular flexibility index (Phi) is 1.07. The fourth-order valence-corrected chi connectivity index (χ4v) is 2.99. The number of thiazole rings is 2. The maximum atomic E-state index is 11.5. The first-order valence-corrected chi connectivity index (χ1v) is 5.06. The van der Waals surface area contributed by atoms with E-state index >= 15 is 0 Å². The Morgan fingerprint density at radius 2 is 1.50 bits per heavy atom. The smallest absolute Gasteiger partial charge is 0.232 e. The van der Waals surface area contributed by atoms with E-state index < -0.39 is 0 Å². The first kappa shape index (κ1) is 6.45. The molecule has 0 bridgehead atoms. The predicted octanol–water partition coefficient (Wildman–Crippen LogP) is 1.81. The van der Waals surface area contributed by atoms with Crippen molar-refractivity contribution in [2.24, 2.45) is 0 Å². The van der Waals surface area contributed by atoms with Gasteiger partial charge >= 0.3 is 0 Å². The van der Waals surface area contributed by atoms with Gasteiger partial charge < -0.3 is 0 Å². The van der Waals surface area contributed by atoms with Gasteiger partial charge in [-0.2, -0.15) is 0 Å². The lowest BCUT2D eigenvalue weighted by Gasteiger charge is -1.81. The van der Waals surface area contributed by atoms with Gasteiger partial charge in [0.15, 0.2) is 0 Å². The predicted molar refractivity (Wildman–Crippen MR) is 46.7 cm³/mol. The van der Waals surface area contributed by atoms with E-state index in [1.54, 1.807) is 11.0 Å². The van der Waals surface area contributed by atoms with Crippen molar-refractivity contribution in [2.75, 3.05) is 0 Å². The highest BCUT2D eigenvalue weighted by Gasteiger charge is 2.31. The van der Waals surface area contributed by atoms with Crippen LogP contribution in [-0.2, 0) is 0 Å². The van der Waals surface area contributed by atoms with Crippen molar-refractivity contribution in [3.8, 4) is 9.75 Å². The number of ketones is 1. The molecule has 0 aromatic carbocycles. The second kappa shape index (κ2) is 1.99. The van der Waals surface area contributed by atoms with E-state index in [1.807, 2.05) is 0 Å². The van der Waals surface area contributed by atoms with Crippen molar-refractivity contribution >= 4 is 28.5 Å². The molecule has 2 heterocycles. The Morgan fingerprint density at radius 3 is 2.00 bits per heavy atom. The summed E-state index contributed by atoms with van der Waals surface area (Å²) in [4.78, 5) is 21.5. The molecule has 1 aliphatic carbocycles. The topological polar surface area (TPSA) is 42.9 Å². The van der Waals surface area contributed by atoms with Crippen molar-refractivity contribution < 1.29 is 4.79 Å².